The van der Waals surface area contributed by atoms with E-state index in [0.717, 1.165) is 6.07 Å². The molecule has 2 fully saturated rings. The summed E-state index contributed by atoms with van der Waals surface area (Å²) in [4.78, 5) is 39.7. The summed E-state index contributed by atoms with van der Waals surface area (Å²) in [6.45, 7) is 0.628. The number of anilines is 1. The Hall–Kier alpha value is -3.41. The summed E-state index contributed by atoms with van der Waals surface area (Å²) in [5.41, 5.74) is 0.554. The predicted octanol–water partition coefficient (Wildman–Crippen LogP) is 5.94. The molecular formula is C31H33ClF3N3O5. The van der Waals surface area contributed by atoms with Crippen molar-refractivity contribution in [1.29, 1.82) is 0 Å². The number of carbonyl (C=O) groups excluding carboxylic acids is 3. The Labute approximate surface area is 252 Å². The molecule has 1 saturated carbocycles. The molecular weight excluding hydrogens is 587 g/mol. The molecule has 43 heavy (non-hydrogen) atoms. The van der Waals surface area contributed by atoms with Crippen LogP contribution in [0.2, 0.25) is 5.02 Å². The van der Waals surface area contributed by atoms with Crippen LogP contribution in [0.25, 0.3) is 10.9 Å². The van der Waals surface area contributed by atoms with Crippen LogP contribution in [0, 0.1) is 17.6 Å². The van der Waals surface area contributed by atoms with Gasteiger partial charge in [0.05, 0.1) is 40.9 Å². The van der Waals surface area contributed by atoms with Crippen molar-refractivity contribution in [2.45, 2.75) is 57.0 Å². The number of nitrogens with one attached hydrogen (secondary N) is 1. The molecule has 0 bridgehead atoms. The molecule has 0 radical (unpaired) electrons. The number of alkyl halides is 1. The zero-order chi connectivity index (χ0) is 30.9. The summed E-state index contributed by atoms with van der Waals surface area (Å²) in [5, 5.41) is 3.03. The number of aromatic nitrogens is 1. The second-order valence-corrected chi connectivity index (χ2v) is 11.6. The number of halogens is 4. The Morgan fingerprint density at radius 2 is 1.77 bits per heavy atom. The van der Waals surface area contributed by atoms with Crippen LogP contribution < -0.4 is 5.32 Å². The minimum absolute atomic E-state index is 0.0378. The van der Waals surface area contributed by atoms with Crippen LogP contribution in [-0.2, 0) is 32.5 Å². The molecule has 1 aliphatic carbocycles. The Morgan fingerprint density at radius 3 is 2.44 bits per heavy atom. The lowest BCUT2D eigenvalue weighted by molar-refractivity contribution is -0.252. The van der Waals surface area contributed by atoms with E-state index in [9.17, 15) is 18.8 Å². The number of amides is 1. The van der Waals surface area contributed by atoms with E-state index in [-0.39, 0.29) is 33.7 Å². The van der Waals surface area contributed by atoms with Gasteiger partial charge in [-0.3, -0.25) is 14.4 Å². The summed E-state index contributed by atoms with van der Waals surface area (Å²) in [5.74, 6) is -6.22. The number of likely N-dealkylation sites (tertiary alicyclic amines) is 1. The smallest absolute Gasteiger partial charge is 0.330 e. The van der Waals surface area contributed by atoms with Gasteiger partial charge in [-0.2, -0.15) is 4.39 Å². The summed E-state index contributed by atoms with van der Waals surface area (Å²) in [6, 6.07) is 6.19. The maximum absolute atomic E-state index is 16.5. The molecule has 1 N–H and O–H groups in total. The minimum Gasteiger partial charge on any atom is -0.469 e. The number of fused-ring (bicyclic) bond motifs is 1. The fourth-order valence-corrected chi connectivity index (χ4v) is 6.19. The van der Waals surface area contributed by atoms with E-state index in [1.807, 2.05) is 0 Å². The van der Waals surface area contributed by atoms with E-state index in [0.29, 0.717) is 62.5 Å². The van der Waals surface area contributed by atoms with Crippen molar-refractivity contribution >= 4 is 45.9 Å². The van der Waals surface area contributed by atoms with Crippen LogP contribution in [-0.4, -0.2) is 59.4 Å². The molecule has 230 valence electrons. The highest BCUT2D eigenvalue weighted by Gasteiger charge is 2.49. The average Bonchev–Trinajstić information content (AvgIpc) is 3.64. The van der Waals surface area contributed by atoms with Crippen molar-refractivity contribution in [1.82, 2.24) is 9.47 Å². The molecule has 1 amide bonds. The number of rotatable bonds is 9. The molecule has 8 nitrogen and oxygen atoms in total. The standard InChI is InChI=1S/C31H33ClF3N3O5/c1-37-17-23(22-10-7-20(33)15-27(22)37)29(40)36-26-16-25(34)19(13-24(26)32)14-28(39)31(35,38-11-3-4-12-38)43-21-8-5-18(6-9-21)30(41)42-2/h7,10,13,15-18,21H,3-6,8-9,11-12,14H2,1-2H3,(H,36,40)/t18-,21-,31?. The Morgan fingerprint density at radius 1 is 1.07 bits per heavy atom. The van der Waals surface area contributed by atoms with Crippen molar-refractivity contribution in [2.75, 3.05) is 25.5 Å². The SMILES string of the molecule is COC(=O)[C@H]1CC[C@H](OC(F)(C(=O)Cc2cc(Cl)c(NC(=O)c3cn(C)c4cc(F)ccc34)cc2F)N2CCCC2)CC1. The first kappa shape index (κ1) is 31.0. The fourth-order valence-electron chi connectivity index (χ4n) is 5.95. The molecule has 0 spiro atoms. The molecule has 2 aliphatic rings. The third kappa shape index (κ3) is 6.44. The van der Waals surface area contributed by atoms with Crippen molar-refractivity contribution in [3.05, 3.63) is 64.3 Å². The molecule has 1 unspecified atom stereocenters. The highest BCUT2D eigenvalue weighted by atomic mass is 35.5. The number of aryl methyl sites for hydroxylation is 1. The molecule has 12 heteroatoms. The molecule has 5 rings (SSSR count). The Balaban J connectivity index is 1.31. The Kier molecular flexibility index (Phi) is 9.15. The molecule has 1 saturated heterocycles. The fraction of sp³-hybridized carbons (Fsp3) is 0.452. The van der Waals surface area contributed by atoms with Gasteiger partial charge in [0.2, 0.25) is 5.78 Å². The van der Waals surface area contributed by atoms with Gasteiger partial charge in [0.1, 0.15) is 11.6 Å². The highest BCUT2D eigenvalue weighted by Crippen LogP contribution is 2.35. The van der Waals surface area contributed by atoms with Crippen LogP contribution in [0.5, 0.6) is 0 Å². The number of methoxy groups -OCH3 is 1. The highest BCUT2D eigenvalue weighted by molar-refractivity contribution is 6.34. The largest absolute Gasteiger partial charge is 0.469 e. The molecule has 3 aromatic rings. The van der Waals surface area contributed by atoms with E-state index in [1.165, 1.54) is 42.5 Å². The predicted molar refractivity (Wildman–Crippen MR) is 154 cm³/mol. The van der Waals surface area contributed by atoms with Gasteiger partial charge in [-0.1, -0.05) is 11.6 Å². The monoisotopic (exact) mass is 619 g/mol. The number of benzene rings is 2. The van der Waals surface area contributed by atoms with Gasteiger partial charge >= 0.3 is 11.9 Å². The zero-order valence-electron chi connectivity index (χ0n) is 23.9. The second kappa shape index (κ2) is 12.7. The van der Waals surface area contributed by atoms with Gasteiger partial charge in [-0.05, 0) is 74.4 Å². The van der Waals surface area contributed by atoms with Gasteiger partial charge in [-0.25, -0.2) is 13.7 Å². The first-order valence-corrected chi connectivity index (χ1v) is 14.6. The number of Topliss-reactive ketones (excluding diaryl/α,β-unsaturated/α-hetero) is 1. The lowest BCUT2D eigenvalue weighted by atomic mass is 9.87. The Bertz CT molecular complexity index is 1550. The number of hydrogen-bond donors (Lipinski definition) is 1. The van der Waals surface area contributed by atoms with Gasteiger partial charge in [0, 0.05) is 38.1 Å². The van der Waals surface area contributed by atoms with Gasteiger partial charge in [-0.15, -0.1) is 0 Å². The number of ketones is 1. The molecule has 1 aromatic heterocycles. The maximum Gasteiger partial charge on any atom is 0.330 e. The van der Waals surface area contributed by atoms with Crippen LogP contribution in [0.15, 0.2) is 36.5 Å². The second-order valence-electron chi connectivity index (χ2n) is 11.2. The summed E-state index contributed by atoms with van der Waals surface area (Å²) < 4.78 is 57.7. The average molecular weight is 620 g/mol. The summed E-state index contributed by atoms with van der Waals surface area (Å²) >= 11 is 6.39. The van der Waals surface area contributed by atoms with Crippen molar-refractivity contribution in [3.8, 4) is 0 Å². The number of ether oxygens (including phenoxy) is 2. The lowest BCUT2D eigenvalue weighted by Crippen LogP contribution is -2.54. The molecule has 1 atom stereocenters. The first-order valence-electron chi connectivity index (χ1n) is 14.3. The van der Waals surface area contributed by atoms with E-state index in [2.05, 4.69) is 5.32 Å². The van der Waals surface area contributed by atoms with Gasteiger partial charge in [0.15, 0.2) is 0 Å². The van der Waals surface area contributed by atoms with Crippen LogP contribution in [0.3, 0.4) is 0 Å². The normalized spacial score (nSPS) is 20.6. The van der Waals surface area contributed by atoms with Gasteiger partial charge in [0.25, 0.3) is 5.91 Å². The van der Waals surface area contributed by atoms with Crippen molar-refractivity contribution < 1.29 is 37.0 Å². The molecule has 2 heterocycles. The van der Waals surface area contributed by atoms with E-state index >= 15 is 8.78 Å². The lowest BCUT2D eigenvalue weighted by Gasteiger charge is -2.37. The van der Waals surface area contributed by atoms with Gasteiger partial charge < -0.3 is 19.4 Å². The number of esters is 1. The number of hydrogen-bond acceptors (Lipinski definition) is 6. The van der Waals surface area contributed by atoms with E-state index in [1.54, 1.807) is 11.6 Å². The van der Waals surface area contributed by atoms with Crippen molar-refractivity contribution in [2.24, 2.45) is 13.0 Å². The minimum atomic E-state index is -2.76. The van der Waals surface area contributed by atoms with E-state index in [4.69, 9.17) is 21.1 Å². The van der Waals surface area contributed by atoms with Crippen LogP contribution >= 0.6 is 11.6 Å². The summed E-state index contributed by atoms with van der Waals surface area (Å²) in [6.07, 6.45) is 3.36. The summed E-state index contributed by atoms with van der Waals surface area (Å²) in [7, 11) is 2.99. The third-order valence-electron chi connectivity index (χ3n) is 8.32. The molecule has 1 aliphatic heterocycles. The van der Waals surface area contributed by atoms with Crippen molar-refractivity contribution in [3.63, 3.8) is 0 Å². The first-order chi connectivity index (χ1) is 20.5. The van der Waals surface area contributed by atoms with Crippen LogP contribution in [0.4, 0.5) is 18.9 Å². The zero-order valence-corrected chi connectivity index (χ0v) is 24.7. The van der Waals surface area contributed by atoms with E-state index < -0.39 is 41.8 Å². The molecule has 2 aromatic carbocycles. The van der Waals surface area contributed by atoms with Crippen LogP contribution in [0.1, 0.15) is 54.4 Å². The quantitative estimate of drug-likeness (QED) is 0.236. The number of carbonyl (C=O) groups is 3. The topological polar surface area (TPSA) is 89.9 Å². The third-order valence-corrected chi connectivity index (χ3v) is 8.63. The maximum atomic E-state index is 16.5. The number of nitrogens with zero attached hydrogens (tertiary/aromatic N) is 2.